The molecule has 0 spiro atoms. The van der Waals surface area contributed by atoms with Crippen molar-refractivity contribution in [3.8, 4) is 0 Å². The molecule has 1 N–H and O–H groups in total. The summed E-state index contributed by atoms with van der Waals surface area (Å²) in [6.45, 7) is 0. The first-order valence-corrected chi connectivity index (χ1v) is 8.06. The van der Waals surface area contributed by atoms with E-state index in [1.54, 1.807) is 18.3 Å². The van der Waals surface area contributed by atoms with Crippen LogP contribution in [0.25, 0.3) is 16.6 Å². The number of benzene rings is 1. The maximum absolute atomic E-state index is 13.0. The van der Waals surface area contributed by atoms with E-state index in [4.69, 9.17) is 0 Å². The minimum absolute atomic E-state index is 0.165. The molecule has 0 fully saturated rings. The fraction of sp³-hybridized carbons (Fsp3) is 0. The van der Waals surface area contributed by atoms with E-state index < -0.39 is 0 Å². The van der Waals surface area contributed by atoms with Crippen molar-refractivity contribution in [3.05, 3.63) is 81.4 Å². The lowest BCUT2D eigenvalue weighted by atomic mass is 10.2. The van der Waals surface area contributed by atoms with Crippen LogP contribution in [-0.4, -0.2) is 14.5 Å². The number of nitrogens with zero attached hydrogens (tertiary/aromatic N) is 3. The minimum Gasteiger partial charge on any atom is -0.310 e. The van der Waals surface area contributed by atoms with Gasteiger partial charge in [0, 0.05) is 10.7 Å². The van der Waals surface area contributed by atoms with E-state index in [0.717, 1.165) is 4.47 Å². The number of pyridine rings is 1. The Balaban J connectivity index is 1.98. The maximum Gasteiger partial charge on any atom is 0.267 e. The van der Waals surface area contributed by atoms with Crippen molar-refractivity contribution >= 4 is 44.3 Å². The number of allylic oxidation sites excluding steroid dienone is 3. The molecule has 6 heteroatoms. The van der Waals surface area contributed by atoms with Crippen LogP contribution in [0.2, 0.25) is 0 Å². The van der Waals surface area contributed by atoms with Crippen molar-refractivity contribution in [2.24, 2.45) is 0 Å². The molecule has 0 radical (unpaired) electrons. The van der Waals surface area contributed by atoms with Gasteiger partial charge in [-0.2, -0.15) is 0 Å². The summed E-state index contributed by atoms with van der Waals surface area (Å²) in [7, 11) is 0. The first-order chi connectivity index (χ1) is 11.7. The number of nitrogens with one attached hydrogen (secondary N) is 1. The Labute approximate surface area is 145 Å². The number of hydrogen-bond acceptors (Lipinski definition) is 4. The molecular weight excluding hydrogens is 368 g/mol. The standard InChI is InChI=1S/C18H11BrN4O/c19-12-8-9-15-14(11-12)17(24)23(13-5-1-2-6-13)18(21-15)22-16-7-3-4-10-20-16/h1-5,7-11H,(H,20,21,22). The van der Waals surface area contributed by atoms with Crippen LogP contribution in [0.5, 0.6) is 0 Å². The van der Waals surface area contributed by atoms with Gasteiger partial charge in [-0.1, -0.05) is 33.8 Å². The Hall–Kier alpha value is -2.95. The summed E-state index contributed by atoms with van der Waals surface area (Å²) in [5.41, 5.74) is 4.13. The lowest BCUT2D eigenvalue weighted by molar-refractivity contribution is 1.00. The van der Waals surface area contributed by atoms with Gasteiger partial charge in [-0.3, -0.25) is 4.79 Å². The lowest BCUT2D eigenvalue weighted by Crippen LogP contribution is -2.23. The molecule has 0 amide bonds. The fourth-order valence-electron chi connectivity index (χ4n) is 2.48. The Morgan fingerprint density at radius 3 is 2.88 bits per heavy atom. The maximum atomic E-state index is 13.0. The van der Waals surface area contributed by atoms with Crippen molar-refractivity contribution in [2.45, 2.75) is 0 Å². The molecule has 1 aromatic carbocycles. The van der Waals surface area contributed by atoms with Gasteiger partial charge < -0.3 is 5.32 Å². The van der Waals surface area contributed by atoms with E-state index in [1.165, 1.54) is 4.57 Å². The number of fused-ring (bicyclic) bond motifs is 1. The monoisotopic (exact) mass is 378 g/mol. The van der Waals surface area contributed by atoms with Crippen LogP contribution >= 0.6 is 15.9 Å². The van der Waals surface area contributed by atoms with Crippen molar-refractivity contribution < 1.29 is 0 Å². The molecule has 5 nitrogen and oxygen atoms in total. The van der Waals surface area contributed by atoms with Gasteiger partial charge in [-0.05, 0) is 42.5 Å². The first kappa shape index (κ1) is 14.6. The zero-order valence-electron chi connectivity index (χ0n) is 12.4. The van der Waals surface area contributed by atoms with E-state index in [2.05, 4.69) is 36.9 Å². The zero-order valence-corrected chi connectivity index (χ0v) is 14.0. The fourth-order valence-corrected chi connectivity index (χ4v) is 2.84. The molecule has 1 aliphatic carbocycles. The molecule has 3 aromatic rings. The third kappa shape index (κ3) is 2.58. The quantitative estimate of drug-likeness (QED) is 0.702. The normalized spacial score (nSPS) is 12.6. The molecule has 4 rings (SSSR count). The van der Waals surface area contributed by atoms with Gasteiger partial charge in [0.05, 0.1) is 16.6 Å². The van der Waals surface area contributed by atoms with Crippen LogP contribution in [0.15, 0.2) is 75.8 Å². The van der Waals surface area contributed by atoms with Gasteiger partial charge >= 0.3 is 0 Å². The summed E-state index contributed by atoms with van der Waals surface area (Å²) in [6.07, 6.45) is 7.09. The number of anilines is 2. The highest BCUT2D eigenvalue weighted by Crippen LogP contribution is 2.22. The summed E-state index contributed by atoms with van der Waals surface area (Å²) in [5.74, 6) is 1.01. The van der Waals surface area contributed by atoms with Gasteiger partial charge in [-0.15, -0.1) is 0 Å². The molecule has 116 valence electrons. The van der Waals surface area contributed by atoms with Gasteiger partial charge in [0.2, 0.25) is 5.95 Å². The van der Waals surface area contributed by atoms with Crippen LogP contribution in [0.3, 0.4) is 0 Å². The molecule has 1 aliphatic rings. The van der Waals surface area contributed by atoms with Crippen LogP contribution in [0, 0.1) is 0 Å². The Kier molecular flexibility index (Phi) is 3.61. The van der Waals surface area contributed by atoms with E-state index in [-0.39, 0.29) is 5.56 Å². The van der Waals surface area contributed by atoms with Crippen molar-refractivity contribution in [1.82, 2.24) is 14.5 Å². The predicted molar refractivity (Wildman–Crippen MR) is 98.1 cm³/mol. The third-order valence-electron chi connectivity index (χ3n) is 3.56. The second-order valence-corrected chi connectivity index (χ2v) is 6.05. The number of halogens is 1. The molecule has 24 heavy (non-hydrogen) atoms. The van der Waals surface area contributed by atoms with Gasteiger partial charge in [0.1, 0.15) is 5.82 Å². The van der Waals surface area contributed by atoms with E-state index >= 15 is 0 Å². The molecule has 0 aliphatic heterocycles. The van der Waals surface area contributed by atoms with Gasteiger partial charge in [0.25, 0.3) is 5.56 Å². The average molecular weight is 379 g/mol. The molecule has 0 bridgehead atoms. The highest BCUT2D eigenvalue weighted by molar-refractivity contribution is 9.10. The molecule has 0 saturated heterocycles. The molecule has 2 aromatic heterocycles. The molecule has 0 unspecified atom stereocenters. The van der Waals surface area contributed by atoms with Crippen molar-refractivity contribution in [2.75, 3.05) is 5.32 Å². The summed E-state index contributed by atoms with van der Waals surface area (Å²) in [4.78, 5) is 21.8. The summed E-state index contributed by atoms with van der Waals surface area (Å²) in [6, 6.07) is 11.0. The third-order valence-corrected chi connectivity index (χ3v) is 4.05. The SMILES string of the molecule is O=c1c2cc(Br)ccc2nc(Nc2ccccn2)n1C1=C=CC=C1. The smallest absolute Gasteiger partial charge is 0.267 e. The van der Waals surface area contributed by atoms with Gasteiger partial charge in [-0.25, -0.2) is 14.5 Å². The number of hydrogen-bond donors (Lipinski definition) is 1. The second-order valence-electron chi connectivity index (χ2n) is 5.13. The molecular formula is C18H11BrN4O. The van der Waals surface area contributed by atoms with E-state index in [1.807, 2.05) is 42.5 Å². The highest BCUT2D eigenvalue weighted by Gasteiger charge is 2.15. The van der Waals surface area contributed by atoms with Gasteiger partial charge in [0.15, 0.2) is 0 Å². The molecule has 2 heterocycles. The Bertz CT molecular complexity index is 1090. The predicted octanol–water partition coefficient (Wildman–Crippen LogP) is 3.86. The summed E-state index contributed by atoms with van der Waals surface area (Å²) in [5, 5.41) is 3.65. The van der Waals surface area contributed by atoms with E-state index in [9.17, 15) is 4.79 Å². The summed E-state index contributed by atoms with van der Waals surface area (Å²) >= 11 is 3.40. The van der Waals surface area contributed by atoms with Crippen LogP contribution < -0.4 is 10.9 Å². The molecule has 0 saturated carbocycles. The van der Waals surface area contributed by atoms with Crippen molar-refractivity contribution in [1.29, 1.82) is 0 Å². The number of rotatable bonds is 3. The first-order valence-electron chi connectivity index (χ1n) is 7.26. The van der Waals surface area contributed by atoms with E-state index in [0.29, 0.717) is 28.4 Å². The van der Waals surface area contributed by atoms with Crippen LogP contribution in [0.4, 0.5) is 11.8 Å². The van der Waals surface area contributed by atoms with Crippen LogP contribution in [-0.2, 0) is 0 Å². The Morgan fingerprint density at radius 1 is 1.21 bits per heavy atom. The average Bonchev–Trinajstić information content (AvgIpc) is 3.11. The lowest BCUT2D eigenvalue weighted by Gasteiger charge is -2.13. The highest BCUT2D eigenvalue weighted by atomic mass is 79.9. The minimum atomic E-state index is -0.165. The summed E-state index contributed by atoms with van der Waals surface area (Å²) < 4.78 is 2.33. The largest absolute Gasteiger partial charge is 0.310 e. The topological polar surface area (TPSA) is 59.8 Å². The molecule has 0 atom stereocenters. The Morgan fingerprint density at radius 2 is 2.12 bits per heavy atom. The number of aromatic nitrogens is 3. The zero-order chi connectivity index (χ0) is 16.5. The van der Waals surface area contributed by atoms with Crippen LogP contribution in [0.1, 0.15) is 0 Å². The van der Waals surface area contributed by atoms with Crippen molar-refractivity contribution in [3.63, 3.8) is 0 Å². The second kappa shape index (κ2) is 5.92.